The second kappa shape index (κ2) is 17.7. The average molecular weight is 447 g/mol. The summed E-state index contributed by atoms with van der Waals surface area (Å²) < 4.78 is 11.1. The topological polar surface area (TPSA) is 52.6 Å². The Morgan fingerprint density at radius 2 is 0.906 bits per heavy atom. The van der Waals surface area contributed by atoms with Crippen molar-refractivity contribution in [3.63, 3.8) is 0 Å². The van der Waals surface area contributed by atoms with E-state index in [9.17, 15) is 9.59 Å². The summed E-state index contributed by atoms with van der Waals surface area (Å²) in [6.45, 7) is 8.32. The third-order valence-electron chi connectivity index (χ3n) is 5.90. The van der Waals surface area contributed by atoms with E-state index < -0.39 is 0 Å². The summed E-state index contributed by atoms with van der Waals surface area (Å²) in [6, 6.07) is 6.59. The molecule has 0 radical (unpaired) electrons. The fourth-order valence-electron chi connectivity index (χ4n) is 3.79. The van der Waals surface area contributed by atoms with Crippen molar-refractivity contribution in [3.05, 3.63) is 35.4 Å². The molecule has 0 bridgehead atoms. The van der Waals surface area contributed by atoms with Crippen molar-refractivity contribution in [3.8, 4) is 0 Å². The molecule has 4 heteroatoms. The van der Waals surface area contributed by atoms with Crippen LogP contribution in [0.1, 0.15) is 138 Å². The molecule has 0 heterocycles. The van der Waals surface area contributed by atoms with Gasteiger partial charge in [0.15, 0.2) is 0 Å². The molecule has 0 saturated heterocycles. The molecule has 0 aliphatic rings. The van der Waals surface area contributed by atoms with E-state index in [0.717, 1.165) is 25.7 Å². The highest BCUT2D eigenvalue weighted by Crippen LogP contribution is 2.15. The van der Waals surface area contributed by atoms with E-state index in [1.807, 2.05) is 13.8 Å². The smallest absolute Gasteiger partial charge is 0.338 e. The monoisotopic (exact) mass is 446 g/mol. The van der Waals surface area contributed by atoms with Crippen LogP contribution in [0.5, 0.6) is 0 Å². The van der Waals surface area contributed by atoms with Gasteiger partial charge in [-0.3, -0.25) is 0 Å². The lowest BCUT2D eigenvalue weighted by atomic mass is 10.1. The zero-order valence-corrected chi connectivity index (χ0v) is 21.0. The van der Waals surface area contributed by atoms with Crippen LogP contribution in [0.3, 0.4) is 0 Å². The molecular formula is C28H46O4. The fourth-order valence-corrected chi connectivity index (χ4v) is 3.79. The van der Waals surface area contributed by atoms with Crippen molar-refractivity contribution in [1.82, 2.24) is 0 Å². The summed E-state index contributed by atoms with van der Waals surface area (Å²) in [4.78, 5) is 24.7. The van der Waals surface area contributed by atoms with Gasteiger partial charge in [-0.05, 0) is 63.8 Å². The molecule has 32 heavy (non-hydrogen) atoms. The Bertz CT molecular complexity index is 568. The molecule has 1 aromatic rings. The number of hydrogen-bond donors (Lipinski definition) is 0. The number of ether oxygens (including phenoxy) is 2. The molecule has 0 N–H and O–H groups in total. The lowest BCUT2D eigenvalue weighted by molar-refractivity contribution is 0.0304. The Morgan fingerprint density at radius 3 is 1.25 bits per heavy atom. The third-order valence-corrected chi connectivity index (χ3v) is 5.90. The lowest BCUT2D eigenvalue weighted by Gasteiger charge is -2.14. The minimum Gasteiger partial charge on any atom is -0.459 e. The van der Waals surface area contributed by atoms with Crippen LogP contribution < -0.4 is 0 Å². The molecule has 1 rings (SSSR count). The van der Waals surface area contributed by atoms with Crippen LogP contribution in [-0.2, 0) is 9.47 Å². The summed E-state index contributed by atoms with van der Waals surface area (Å²) in [6.07, 6.45) is 16.3. The maximum Gasteiger partial charge on any atom is 0.338 e. The van der Waals surface area contributed by atoms with Crippen LogP contribution in [0, 0.1) is 0 Å². The van der Waals surface area contributed by atoms with E-state index in [0.29, 0.717) is 11.1 Å². The van der Waals surface area contributed by atoms with Crippen molar-refractivity contribution >= 4 is 11.9 Å². The van der Waals surface area contributed by atoms with Crippen molar-refractivity contribution in [2.45, 2.75) is 130 Å². The van der Waals surface area contributed by atoms with Crippen LogP contribution >= 0.6 is 0 Å². The second-order valence-corrected chi connectivity index (χ2v) is 9.12. The predicted octanol–water partition coefficient (Wildman–Crippen LogP) is 8.28. The van der Waals surface area contributed by atoms with Gasteiger partial charge >= 0.3 is 11.9 Å². The van der Waals surface area contributed by atoms with Crippen LogP contribution in [-0.4, -0.2) is 24.1 Å². The van der Waals surface area contributed by atoms with Gasteiger partial charge in [-0.2, -0.15) is 0 Å². The first-order chi connectivity index (χ1) is 15.5. The highest BCUT2D eigenvalue weighted by Gasteiger charge is 2.15. The van der Waals surface area contributed by atoms with E-state index in [2.05, 4.69) is 13.8 Å². The highest BCUT2D eigenvalue weighted by molar-refractivity contribution is 5.93. The number of hydrogen-bond acceptors (Lipinski definition) is 4. The molecular weight excluding hydrogens is 400 g/mol. The summed E-state index contributed by atoms with van der Waals surface area (Å²) in [5.74, 6) is -0.667. The highest BCUT2D eigenvalue weighted by atomic mass is 16.5. The fraction of sp³-hybridized carbons (Fsp3) is 0.714. The van der Waals surface area contributed by atoms with E-state index in [4.69, 9.17) is 9.47 Å². The van der Waals surface area contributed by atoms with Gasteiger partial charge in [0.2, 0.25) is 0 Å². The van der Waals surface area contributed by atoms with Crippen LogP contribution in [0.2, 0.25) is 0 Å². The first-order valence-electron chi connectivity index (χ1n) is 13.0. The first kappa shape index (κ1) is 28.2. The maximum atomic E-state index is 12.4. The molecule has 0 spiro atoms. The van der Waals surface area contributed by atoms with Gasteiger partial charge in [0.1, 0.15) is 0 Å². The van der Waals surface area contributed by atoms with Crippen molar-refractivity contribution < 1.29 is 19.1 Å². The second-order valence-electron chi connectivity index (χ2n) is 9.12. The molecule has 2 atom stereocenters. The Balaban J connectivity index is 2.31. The number of rotatable bonds is 18. The van der Waals surface area contributed by atoms with E-state index in [1.54, 1.807) is 24.3 Å². The van der Waals surface area contributed by atoms with Crippen LogP contribution in [0.4, 0.5) is 0 Å². The molecule has 2 unspecified atom stereocenters. The molecule has 0 saturated carbocycles. The number of esters is 2. The molecule has 1 aromatic carbocycles. The zero-order chi connectivity index (χ0) is 23.6. The minimum absolute atomic E-state index is 0.0962. The minimum atomic E-state index is -0.333. The molecule has 4 nitrogen and oxygen atoms in total. The van der Waals surface area contributed by atoms with Crippen LogP contribution in [0.25, 0.3) is 0 Å². The Morgan fingerprint density at radius 1 is 0.594 bits per heavy atom. The summed E-state index contributed by atoms with van der Waals surface area (Å²) in [5.41, 5.74) is 0.938. The normalized spacial score (nSPS) is 12.9. The number of unbranched alkanes of at least 4 members (excludes halogenated alkanes) is 10. The number of carbonyl (C=O) groups is 2. The zero-order valence-electron chi connectivity index (χ0n) is 21.0. The quantitative estimate of drug-likeness (QED) is 0.168. The van der Waals surface area contributed by atoms with Crippen molar-refractivity contribution in [2.24, 2.45) is 0 Å². The summed E-state index contributed by atoms with van der Waals surface area (Å²) in [5, 5.41) is 0. The van der Waals surface area contributed by atoms with E-state index in [1.165, 1.54) is 64.2 Å². The molecule has 0 aromatic heterocycles. The van der Waals surface area contributed by atoms with E-state index >= 15 is 0 Å². The first-order valence-corrected chi connectivity index (χ1v) is 13.0. The van der Waals surface area contributed by atoms with Gasteiger partial charge in [0, 0.05) is 0 Å². The Hall–Kier alpha value is -1.84. The van der Waals surface area contributed by atoms with Gasteiger partial charge in [-0.15, -0.1) is 0 Å². The van der Waals surface area contributed by atoms with Gasteiger partial charge in [-0.1, -0.05) is 78.1 Å². The van der Waals surface area contributed by atoms with Crippen molar-refractivity contribution in [2.75, 3.05) is 0 Å². The Labute approximate surface area is 196 Å². The molecule has 0 amide bonds. The Kier molecular flexibility index (Phi) is 15.6. The standard InChI is InChI=1S/C28H46O4/c1-5-7-9-11-13-15-17-23(3)31-27(29)25-19-21-26(22-20-25)28(30)32-24(4)18-16-14-12-10-8-6-2/h19-24H,5-18H2,1-4H3. The predicted molar refractivity (Wildman–Crippen MR) is 132 cm³/mol. The van der Waals surface area contributed by atoms with Gasteiger partial charge in [-0.25, -0.2) is 9.59 Å². The largest absolute Gasteiger partial charge is 0.459 e. The third kappa shape index (κ3) is 12.9. The SMILES string of the molecule is CCCCCCCCC(C)OC(=O)c1ccc(C(=O)OC(C)CCCCCCCC)cc1. The molecule has 182 valence electrons. The molecule has 0 aliphatic heterocycles. The number of carbonyl (C=O) groups excluding carboxylic acids is 2. The van der Waals surface area contributed by atoms with Gasteiger partial charge in [0.05, 0.1) is 23.3 Å². The van der Waals surface area contributed by atoms with Crippen molar-refractivity contribution in [1.29, 1.82) is 0 Å². The lowest BCUT2D eigenvalue weighted by Crippen LogP contribution is -2.16. The summed E-state index contributed by atoms with van der Waals surface area (Å²) >= 11 is 0. The van der Waals surface area contributed by atoms with E-state index in [-0.39, 0.29) is 24.1 Å². The van der Waals surface area contributed by atoms with Crippen LogP contribution in [0.15, 0.2) is 24.3 Å². The molecule has 0 fully saturated rings. The molecule has 0 aliphatic carbocycles. The van der Waals surface area contributed by atoms with Gasteiger partial charge in [0.25, 0.3) is 0 Å². The maximum absolute atomic E-state index is 12.4. The van der Waals surface area contributed by atoms with Gasteiger partial charge < -0.3 is 9.47 Å². The summed E-state index contributed by atoms with van der Waals surface area (Å²) in [7, 11) is 0. The number of benzene rings is 1. The average Bonchev–Trinajstić information content (AvgIpc) is 2.78.